The molecule has 1 saturated heterocycles. The maximum absolute atomic E-state index is 12.7. The van der Waals surface area contributed by atoms with Crippen LogP contribution in [-0.4, -0.2) is 39.5 Å². The first-order valence-corrected chi connectivity index (χ1v) is 13.4. The largest absolute Gasteiger partial charge is 0.465 e. The Kier molecular flexibility index (Phi) is 7.26. The van der Waals surface area contributed by atoms with Gasteiger partial charge in [0.05, 0.1) is 18.9 Å². The molecule has 3 aromatic rings. The molecule has 2 aromatic carbocycles. The van der Waals surface area contributed by atoms with Gasteiger partial charge < -0.3 is 4.74 Å². The topological polar surface area (TPSA) is 63.7 Å². The molecule has 33 heavy (non-hydrogen) atoms. The molecule has 0 saturated carbocycles. The molecule has 0 radical (unpaired) electrons. The maximum Gasteiger partial charge on any atom is 0.348 e. The van der Waals surface area contributed by atoms with Gasteiger partial charge in [-0.25, -0.2) is 13.2 Å². The maximum atomic E-state index is 12.7. The van der Waals surface area contributed by atoms with Gasteiger partial charge in [-0.3, -0.25) is 4.90 Å². The van der Waals surface area contributed by atoms with Crippen LogP contribution in [0.2, 0.25) is 10.0 Å². The van der Waals surface area contributed by atoms with Crippen LogP contribution in [0.5, 0.6) is 0 Å². The normalized spacial score (nSPS) is 14.2. The highest BCUT2D eigenvalue weighted by atomic mass is 35.5. The van der Waals surface area contributed by atoms with E-state index in [-0.39, 0.29) is 11.8 Å². The number of esters is 1. The minimum absolute atomic E-state index is 0.0423. The van der Waals surface area contributed by atoms with Gasteiger partial charge in [0.15, 0.2) is 9.84 Å². The fraction of sp³-hybridized carbons (Fsp3) is 0.208. The molecule has 172 valence electrons. The predicted octanol–water partition coefficient (Wildman–Crippen LogP) is 5.75. The van der Waals surface area contributed by atoms with Gasteiger partial charge in [0.1, 0.15) is 4.88 Å². The summed E-state index contributed by atoms with van der Waals surface area (Å²) in [5.41, 5.74) is 2.97. The van der Waals surface area contributed by atoms with E-state index in [1.165, 1.54) is 12.5 Å². The third-order valence-corrected chi connectivity index (χ3v) is 8.44. The fourth-order valence-corrected chi connectivity index (χ4v) is 6.73. The zero-order chi connectivity index (χ0) is 23.6. The lowest BCUT2D eigenvalue weighted by Crippen LogP contribution is -2.43. The number of likely N-dealkylation sites (tertiary alicyclic amines) is 1. The van der Waals surface area contributed by atoms with E-state index in [9.17, 15) is 13.2 Å². The first kappa shape index (κ1) is 24.0. The van der Waals surface area contributed by atoms with Crippen molar-refractivity contribution in [2.45, 2.75) is 11.8 Å². The van der Waals surface area contributed by atoms with Gasteiger partial charge in [0.2, 0.25) is 0 Å². The number of hydrogen-bond acceptors (Lipinski definition) is 6. The van der Waals surface area contributed by atoms with Crippen molar-refractivity contribution in [3.63, 3.8) is 0 Å². The van der Waals surface area contributed by atoms with Gasteiger partial charge in [-0.2, -0.15) is 0 Å². The minimum Gasteiger partial charge on any atom is -0.465 e. The van der Waals surface area contributed by atoms with Crippen molar-refractivity contribution in [2.75, 3.05) is 20.2 Å². The van der Waals surface area contributed by atoms with Gasteiger partial charge in [-0.05, 0) is 53.1 Å². The van der Waals surface area contributed by atoms with Crippen molar-refractivity contribution in [2.24, 2.45) is 0 Å². The highest BCUT2D eigenvalue weighted by molar-refractivity contribution is 7.93. The third-order valence-electron chi connectivity index (χ3n) is 5.29. The van der Waals surface area contributed by atoms with Gasteiger partial charge in [0, 0.05) is 33.4 Å². The van der Waals surface area contributed by atoms with Crippen molar-refractivity contribution in [1.29, 1.82) is 0 Å². The van der Waals surface area contributed by atoms with E-state index >= 15 is 0 Å². The number of nitrogens with zero attached hydrogens (tertiary/aromatic N) is 1. The second-order valence-corrected chi connectivity index (χ2v) is 11.6. The van der Waals surface area contributed by atoms with Crippen LogP contribution in [0.1, 0.15) is 31.7 Å². The molecule has 0 N–H and O–H groups in total. The summed E-state index contributed by atoms with van der Waals surface area (Å²) in [6, 6.07) is 18.5. The Morgan fingerprint density at radius 1 is 1.00 bits per heavy atom. The lowest BCUT2D eigenvalue weighted by Gasteiger charge is -2.41. The second-order valence-electron chi connectivity index (χ2n) is 7.75. The van der Waals surface area contributed by atoms with Gasteiger partial charge >= 0.3 is 5.97 Å². The van der Waals surface area contributed by atoms with Crippen molar-refractivity contribution in [3.05, 3.63) is 103 Å². The molecule has 1 fully saturated rings. The number of thiophene rings is 1. The highest BCUT2D eigenvalue weighted by Gasteiger charge is 2.31. The summed E-state index contributed by atoms with van der Waals surface area (Å²) < 4.78 is 30.1. The molecular formula is C24H21Cl2NO4S2. The molecule has 1 aromatic heterocycles. The number of ether oxygens (including phenoxy) is 1. The molecule has 0 unspecified atom stereocenters. The Bertz CT molecular complexity index is 1230. The molecule has 4 rings (SSSR count). The lowest BCUT2D eigenvalue weighted by atomic mass is 9.93. The van der Waals surface area contributed by atoms with Crippen molar-refractivity contribution in [3.8, 4) is 0 Å². The molecule has 1 aliphatic rings. The smallest absolute Gasteiger partial charge is 0.348 e. The van der Waals surface area contributed by atoms with Crippen LogP contribution < -0.4 is 0 Å². The molecule has 5 nitrogen and oxygen atoms in total. The SMILES string of the molecule is COC(=O)c1ccc(CS(=O)(=O)C=C2CN(C(c3ccc(Cl)cc3)c3ccc(Cl)cc3)C2)s1. The minimum atomic E-state index is -3.47. The number of halogens is 2. The Balaban J connectivity index is 1.49. The quantitative estimate of drug-likeness (QED) is 0.370. The van der Waals surface area contributed by atoms with E-state index in [1.807, 2.05) is 48.5 Å². The van der Waals surface area contributed by atoms with Crippen molar-refractivity contribution in [1.82, 2.24) is 4.90 Å². The van der Waals surface area contributed by atoms with E-state index in [0.717, 1.165) is 28.0 Å². The molecule has 2 heterocycles. The van der Waals surface area contributed by atoms with Crippen LogP contribution in [-0.2, 0) is 20.3 Å². The molecule has 0 spiro atoms. The summed E-state index contributed by atoms with van der Waals surface area (Å²) in [7, 11) is -2.17. The number of hydrogen-bond donors (Lipinski definition) is 0. The second kappa shape index (κ2) is 9.99. The summed E-state index contributed by atoms with van der Waals surface area (Å²) in [6.45, 7) is 1.07. The van der Waals surface area contributed by atoms with Gasteiger partial charge in [-0.1, -0.05) is 47.5 Å². The average Bonchev–Trinajstić information content (AvgIpc) is 3.21. The van der Waals surface area contributed by atoms with Crippen LogP contribution in [0.3, 0.4) is 0 Å². The van der Waals surface area contributed by atoms with E-state index in [0.29, 0.717) is 32.9 Å². The Morgan fingerprint density at radius 3 is 2.06 bits per heavy atom. The van der Waals surface area contributed by atoms with Crippen molar-refractivity contribution < 1.29 is 17.9 Å². The Morgan fingerprint density at radius 2 is 1.55 bits per heavy atom. The summed E-state index contributed by atoms with van der Waals surface area (Å²) in [5, 5.41) is 2.68. The van der Waals surface area contributed by atoms with E-state index in [4.69, 9.17) is 23.2 Å². The Hall–Kier alpha value is -2.16. The van der Waals surface area contributed by atoms with E-state index in [1.54, 1.807) is 12.1 Å². The third kappa shape index (κ3) is 5.86. The molecular weight excluding hydrogens is 501 g/mol. The number of methoxy groups -OCH3 is 1. The molecule has 0 bridgehead atoms. The first-order chi connectivity index (χ1) is 15.7. The summed E-state index contributed by atoms with van der Waals surface area (Å²) in [5.74, 6) is -0.609. The molecule has 0 aliphatic carbocycles. The zero-order valence-corrected chi connectivity index (χ0v) is 20.8. The van der Waals surface area contributed by atoms with Crippen molar-refractivity contribution >= 4 is 50.3 Å². The summed E-state index contributed by atoms with van der Waals surface area (Å²) in [4.78, 5) is 14.8. The molecule has 0 amide bonds. The van der Waals surface area contributed by atoms with Gasteiger partial charge in [-0.15, -0.1) is 11.3 Å². The number of carbonyl (C=O) groups is 1. The van der Waals surface area contributed by atoms with E-state index < -0.39 is 15.8 Å². The van der Waals surface area contributed by atoms with E-state index in [2.05, 4.69) is 9.64 Å². The fourth-order valence-electron chi connectivity index (χ4n) is 3.80. The van der Waals surface area contributed by atoms with Crippen LogP contribution >= 0.6 is 34.5 Å². The summed E-state index contributed by atoms with van der Waals surface area (Å²) >= 11 is 13.3. The van der Waals surface area contributed by atoms with Gasteiger partial charge in [0.25, 0.3) is 0 Å². The predicted molar refractivity (Wildman–Crippen MR) is 133 cm³/mol. The monoisotopic (exact) mass is 521 g/mol. The Labute approximate surface area is 207 Å². The number of benzene rings is 2. The zero-order valence-electron chi connectivity index (χ0n) is 17.7. The molecule has 0 atom stereocenters. The highest BCUT2D eigenvalue weighted by Crippen LogP contribution is 2.35. The van der Waals surface area contributed by atoms with Crippen LogP contribution in [0, 0.1) is 0 Å². The molecule has 1 aliphatic heterocycles. The first-order valence-electron chi connectivity index (χ1n) is 10.1. The average molecular weight is 522 g/mol. The number of carbonyl (C=O) groups excluding carboxylic acids is 1. The number of rotatable bonds is 7. The van der Waals surface area contributed by atoms with Crippen LogP contribution in [0.25, 0.3) is 0 Å². The number of sulfone groups is 1. The molecule has 9 heteroatoms. The standard InChI is InChI=1S/C24H21Cl2NO4S2/c1-31-24(28)22-11-10-21(32-22)15-33(29,30)14-16-12-27(13-16)23(17-2-6-19(25)7-3-17)18-4-8-20(26)9-5-18/h2-11,14,23H,12-13,15H2,1H3. The van der Waals surface area contributed by atoms with Crippen LogP contribution in [0.4, 0.5) is 0 Å². The lowest BCUT2D eigenvalue weighted by molar-refractivity contribution is 0.0606. The summed E-state index contributed by atoms with van der Waals surface area (Å²) in [6.07, 6.45) is 0. The van der Waals surface area contributed by atoms with Crippen LogP contribution in [0.15, 0.2) is 71.6 Å².